The number of aliphatic hydroxyl groups is 1. The molecule has 2 unspecified atom stereocenters. The van der Waals surface area contributed by atoms with Crippen LogP contribution in [0.25, 0.3) is 0 Å². The minimum absolute atomic E-state index is 0.00722. The zero-order chi connectivity index (χ0) is 10.7. The van der Waals surface area contributed by atoms with Crippen LogP contribution in [0, 0.1) is 5.92 Å². The Kier molecular flexibility index (Phi) is 3.62. The van der Waals surface area contributed by atoms with Crippen LogP contribution in [0.1, 0.15) is 44.9 Å². The molecule has 15 heavy (non-hydrogen) atoms. The molecular formula is C12H21NO2. The van der Waals surface area contributed by atoms with Gasteiger partial charge in [-0.2, -0.15) is 0 Å². The van der Waals surface area contributed by atoms with E-state index in [0.29, 0.717) is 12.5 Å². The molecule has 1 saturated heterocycles. The van der Waals surface area contributed by atoms with Crippen molar-refractivity contribution in [3.8, 4) is 0 Å². The number of rotatable bonds is 2. The maximum absolute atomic E-state index is 11.8. The highest BCUT2D eigenvalue weighted by molar-refractivity contribution is 5.76. The standard InChI is InChI=1S/C12H21NO2/c14-9-7-12(15)13-8-3-5-10-4-1-2-6-11(10)13/h10-11,14H,1-9H2. The Bertz CT molecular complexity index is 228. The molecule has 0 bridgehead atoms. The number of hydrogen-bond acceptors (Lipinski definition) is 2. The van der Waals surface area contributed by atoms with Gasteiger partial charge in [-0.3, -0.25) is 4.79 Å². The molecule has 1 aliphatic heterocycles. The molecule has 1 heterocycles. The smallest absolute Gasteiger partial charge is 0.225 e. The van der Waals surface area contributed by atoms with Crippen molar-refractivity contribution < 1.29 is 9.90 Å². The second-order valence-electron chi connectivity index (χ2n) is 4.81. The Morgan fingerprint density at radius 3 is 2.73 bits per heavy atom. The van der Waals surface area contributed by atoms with Crippen LogP contribution in [0.4, 0.5) is 0 Å². The summed E-state index contributed by atoms with van der Waals surface area (Å²) >= 11 is 0. The first-order valence-electron chi connectivity index (χ1n) is 6.23. The Labute approximate surface area is 91.5 Å². The summed E-state index contributed by atoms with van der Waals surface area (Å²) in [7, 11) is 0. The quantitative estimate of drug-likeness (QED) is 0.753. The van der Waals surface area contributed by atoms with Gasteiger partial charge in [0.25, 0.3) is 0 Å². The van der Waals surface area contributed by atoms with E-state index in [1.165, 1.54) is 32.1 Å². The van der Waals surface area contributed by atoms with Gasteiger partial charge >= 0.3 is 0 Å². The fourth-order valence-electron chi connectivity index (χ4n) is 3.17. The number of hydrogen-bond donors (Lipinski definition) is 1. The van der Waals surface area contributed by atoms with Crippen molar-refractivity contribution in [2.75, 3.05) is 13.2 Å². The highest BCUT2D eigenvalue weighted by Crippen LogP contribution is 2.35. The zero-order valence-corrected chi connectivity index (χ0v) is 9.32. The highest BCUT2D eigenvalue weighted by Gasteiger charge is 2.35. The van der Waals surface area contributed by atoms with E-state index in [4.69, 9.17) is 5.11 Å². The summed E-state index contributed by atoms with van der Waals surface area (Å²) in [6, 6.07) is 0.492. The van der Waals surface area contributed by atoms with Gasteiger partial charge in [0.2, 0.25) is 5.91 Å². The van der Waals surface area contributed by atoms with E-state index in [1.54, 1.807) is 0 Å². The lowest BCUT2D eigenvalue weighted by atomic mass is 9.78. The fraction of sp³-hybridized carbons (Fsp3) is 0.917. The van der Waals surface area contributed by atoms with Crippen molar-refractivity contribution in [1.82, 2.24) is 4.90 Å². The van der Waals surface area contributed by atoms with E-state index in [9.17, 15) is 4.79 Å². The Hall–Kier alpha value is -0.570. The maximum Gasteiger partial charge on any atom is 0.225 e. The molecule has 0 aromatic carbocycles. The van der Waals surface area contributed by atoms with Crippen molar-refractivity contribution in [2.24, 2.45) is 5.92 Å². The molecule has 86 valence electrons. The van der Waals surface area contributed by atoms with Crippen LogP contribution in [0.5, 0.6) is 0 Å². The highest BCUT2D eigenvalue weighted by atomic mass is 16.3. The number of amides is 1. The molecule has 1 saturated carbocycles. The monoisotopic (exact) mass is 211 g/mol. The number of carbonyl (C=O) groups is 1. The second kappa shape index (κ2) is 4.97. The van der Waals surface area contributed by atoms with Crippen molar-refractivity contribution in [1.29, 1.82) is 0 Å². The van der Waals surface area contributed by atoms with Gasteiger partial charge in [0, 0.05) is 19.0 Å². The molecule has 1 aliphatic carbocycles. The average Bonchev–Trinajstić information content (AvgIpc) is 2.28. The van der Waals surface area contributed by atoms with Gasteiger partial charge in [0.1, 0.15) is 0 Å². The Morgan fingerprint density at radius 1 is 1.20 bits per heavy atom. The first-order valence-corrected chi connectivity index (χ1v) is 6.23. The van der Waals surface area contributed by atoms with Crippen molar-refractivity contribution in [2.45, 2.75) is 51.0 Å². The first kappa shape index (κ1) is 10.9. The van der Waals surface area contributed by atoms with Gasteiger partial charge in [0.15, 0.2) is 0 Å². The number of nitrogens with zero attached hydrogens (tertiary/aromatic N) is 1. The molecule has 2 aliphatic rings. The van der Waals surface area contributed by atoms with E-state index in [1.807, 2.05) is 4.90 Å². The predicted molar refractivity (Wildman–Crippen MR) is 58.4 cm³/mol. The van der Waals surface area contributed by atoms with E-state index in [-0.39, 0.29) is 12.5 Å². The van der Waals surface area contributed by atoms with Crippen LogP contribution in [0.3, 0.4) is 0 Å². The summed E-state index contributed by atoms with van der Waals surface area (Å²) in [5, 5.41) is 8.82. The first-order chi connectivity index (χ1) is 7.33. The van der Waals surface area contributed by atoms with E-state index in [2.05, 4.69) is 0 Å². The van der Waals surface area contributed by atoms with Gasteiger partial charge in [0.05, 0.1) is 6.61 Å². The van der Waals surface area contributed by atoms with Crippen molar-refractivity contribution in [3.63, 3.8) is 0 Å². The third-order valence-electron chi connectivity index (χ3n) is 3.89. The van der Waals surface area contributed by atoms with Gasteiger partial charge in [-0.15, -0.1) is 0 Å². The minimum atomic E-state index is -0.00722. The van der Waals surface area contributed by atoms with Crippen LogP contribution < -0.4 is 0 Å². The van der Waals surface area contributed by atoms with Crippen LogP contribution in [0.15, 0.2) is 0 Å². The number of piperidine rings is 1. The average molecular weight is 211 g/mol. The summed E-state index contributed by atoms with van der Waals surface area (Å²) in [4.78, 5) is 13.9. The molecule has 0 aromatic rings. The van der Waals surface area contributed by atoms with E-state index < -0.39 is 0 Å². The van der Waals surface area contributed by atoms with Gasteiger partial charge in [-0.05, 0) is 31.6 Å². The van der Waals surface area contributed by atoms with E-state index >= 15 is 0 Å². The van der Waals surface area contributed by atoms with Gasteiger partial charge < -0.3 is 10.0 Å². The molecule has 3 heteroatoms. The van der Waals surface area contributed by atoms with Crippen molar-refractivity contribution in [3.05, 3.63) is 0 Å². The number of likely N-dealkylation sites (tertiary alicyclic amines) is 1. The summed E-state index contributed by atoms with van der Waals surface area (Å²) in [5.74, 6) is 0.907. The topological polar surface area (TPSA) is 40.5 Å². The van der Waals surface area contributed by atoms with Crippen LogP contribution in [0.2, 0.25) is 0 Å². The second-order valence-corrected chi connectivity index (χ2v) is 4.81. The molecule has 2 rings (SSSR count). The molecule has 2 fully saturated rings. The van der Waals surface area contributed by atoms with Gasteiger partial charge in [-0.1, -0.05) is 12.8 Å². The number of aliphatic hydroxyl groups excluding tert-OH is 1. The normalized spacial score (nSPS) is 31.1. The predicted octanol–water partition coefficient (Wildman–Crippen LogP) is 1.55. The minimum Gasteiger partial charge on any atom is -0.396 e. The third kappa shape index (κ3) is 2.33. The maximum atomic E-state index is 11.8. The van der Waals surface area contributed by atoms with Gasteiger partial charge in [-0.25, -0.2) is 0 Å². The molecule has 2 atom stereocenters. The van der Waals surface area contributed by atoms with Crippen molar-refractivity contribution >= 4 is 5.91 Å². The lowest BCUT2D eigenvalue weighted by Crippen LogP contribution is -2.49. The third-order valence-corrected chi connectivity index (χ3v) is 3.89. The Morgan fingerprint density at radius 2 is 1.93 bits per heavy atom. The number of fused-ring (bicyclic) bond motifs is 1. The SMILES string of the molecule is O=C(CCO)N1CCCC2CCCCC21. The lowest BCUT2D eigenvalue weighted by Gasteiger charge is -2.44. The fourth-order valence-corrected chi connectivity index (χ4v) is 3.17. The molecule has 0 spiro atoms. The molecule has 0 aromatic heterocycles. The van der Waals surface area contributed by atoms with Crippen LogP contribution >= 0.6 is 0 Å². The van der Waals surface area contributed by atoms with Crippen LogP contribution in [-0.4, -0.2) is 35.1 Å². The Balaban J connectivity index is 2.00. The lowest BCUT2D eigenvalue weighted by molar-refractivity contribution is -0.138. The summed E-state index contributed by atoms with van der Waals surface area (Å²) in [6.45, 7) is 0.909. The molecule has 1 N–H and O–H groups in total. The van der Waals surface area contributed by atoms with E-state index in [0.717, 1.165) is 18.9 Å². The molecular weight excluding hydrogens is 190 g/mol. The largest absolute Gasteiger partial charge is 0.396 e. The van der Waals surface area contributed by atoms with Crippen LogP contribution in [-0.2, 0) is 4.79 Å². The molecule has 0 radical (unpaired) electrons. The zero-order valence-electron chi connectivity index (χ0n) is 9.32. The molecule has 1 amide bonds. The summed E-state index contributed by atoms with van der Waals surface area (Å²) in [6.07, 6.45) is 7.85. The summed E-state index contributed by atoms with van der Waals surface area (Å²) < 4.78 is 0. The summed E-state index contributed by atoms with van der Waals surface area (Å²) in [5.41, 5.74) is 0. The number of carbonyl (C=O) groups excluding carboxylic acids is 1. The molecule has 3 nitrogen and oxygen atoms in total.